The second kappa shape index (κ2) is 81.5. The lowest BCUT2D eigenvalue weighted by molar-refractivity contribution is 0.415. The van der Waals surface area contributed by atoms with E-state index in [1.807, 2.05) is 122 Å². The summed E-state index contributed by atoms with van der Waals surface area (Å²) >= 11 is 11.4. The number of hydrogen-bond donors (Lipinski definition) is 9. The van der Waals surface area contributed by atoms with Gasteiger partial charge >= 0.3 is 62.2 Å². The monoisotopic (exact) mass is 1690 g/mol. The number of benzene rings is 10. The summed E-state index contributed by atoms with van der Waals surface area (Å²) in [5.74, 6) is -3.90. The van der Waals surface area contributed by atoms with E-state index in [-0.39, 0.29) is 166 Å². The topological polar surface area (TPSA) is 191 Å². The van der Waals surface area contributed by atoms with Crippen LogP contribution < -0.4 is 48.4 Å². The molecule has 10 rings (SSSR count). The van der Waals surface area contributed by atoms with Crippen LogP contribution in [0.4, 0.5) is 26.3 Å². The van der Waals surface area contributed by atoms with Crippen LogP contribution in [0.3, 0.4) is 0 Å². The molecule has 0 unspecified atom stereocenters. The zero-order chi connectivity index (χ0) is 75.2. The van der Waals surface area contributed by atoms with Crippen molar-refractivity contribution >= 4 is 129 Å². The van der Waals surface area contributed by atoms with Gasteiger partial charge in [0.15, 0.2) is 29.1 Å². The Morgan fingerprint density at radius 3 is 0.831 bits per heavy atom. The maximum absolute atomic E-state index is 12.5. The van der Waals surface area contributed by atoms with Crippen molar-refractivity contribution in [2.45, 2.75) is 202 Å². The molecule has 10 aromatic rings. The van der Waals surface area contributed by atoms with Crippen molar-refractivity contribution in [2.24, 2.45) is 0 Å². The summed E-state index contributed by atoms with van der Waals surface area (Å²) in [6.45, 7) is 15.5. The molecule has 10 nitrogen and oxygen atoms in total. The number of aryl methyl sites for hydroxylation is 1. The standard InChI is InChI=1S/C19H17BO.C8H11BO2.C8H11BO.C7H7BCl2O.C7H6BF3O.C7H7BF2O.C7H8BFO.C7H9BO.C3H7BO.18CH4/c1-20(21)19-13-17(15-8-4-2-5-9-15)12-18(14-19)16-10-6-3-7-11-16;1-9(10)7-3-5-8(11-2)6-4-7;1-7-3-5-8(6-4-7)9(2)10;1-8(11)5-2-3-6(9)7(10)4-5;1-8(12)4-2-5(9)7(11)6(10)3-4;1-8(11)5-2-3-6(9)7(10)4-5;1-8(10)6-2-4-7(9)5-3-6;1-8(9)7-5-3-2-4-6-7;1-3-4(2)5;;;;;;;;;;;;;;;;;;/h2-14,21H,1H3;3-6,10H,1-2H3;3-6,10H,1-2H3;2-4,11H,1H3;2-3,12H,1H3;2-4,11H,1H3;2-5,10H,1H3;2-6,9H,1H3;3,5H,1H2,2H3;18*1H4. The Kier molecular flexibility index (Phi) is 104. The molecular formula is C91H155B9Cl2F6O10. The van der Waals surface area contributed by atoms with Gasteiger partial charge in [-0.05, 0) is 140 Å². The molecule has 0 aliphatic carbocycles. The first-order valence-electron chi connectivity index (χ1n) is 31.8. The number of halogens is 8. The lowest BCUT2D eigenvalue weighted by Crippen LogP contribution is -2.27. The van der Waals surface area contributed by atoms with E-state index < -0.39 is 70.6 Å². The van der Waals surface area contributed by atoms with Gasteiger partial charge in [-0.1, -0.05) is 394 Å². The fourth-order valence-electron chi connectivity index (χ4n) is 8.05. The lowest BCUT2D eigenvalue weighted by atomic mass is 9.63. The summed E-state index contributed by atoms with van der Waals surface area (Å²) in [4.78, 5) is 0. The third-order valence-electron chi connectivity index (χ3n) is 14.1. The van der Waals surface area contributed by atoms with Gasteiger partial charge in [-0.3, -0.25) is 0 Å². The summed E-state index contributed by atoms with van der Waals surface area (Å²) in [5.41, 5.74) is 11.5. The van der Waals surface area contributed by atoms with Gasteiger partial charge in [-0.15, -0.1) is 6.58 Å². The van der Waals surface area contributed by atoms with Crippen molar-refractivity contribution in [1.29, 1.82) is 0 Å². The number of ether oxygens (including phenoxy) is 1. The van der Waals surface area contributed by atoms with Gasteiger partial charge in [-0.25, -0.2) is 26.3 Å². The summed E-state index contributed by atoms with van der Waals surface area (Å²) in [6.07, 6.45) is 0. The molecular weight excluding hydrogens is 1540 g/mol. The minimum Gasteiger partial charge on any atom is -0.497 e. The lowest BCUT2D eigenvalue weighted by Gasteiger charge is -2.11. The average Bonchev–Trinajstić information content (AvgIpc) is 0.804. The molecule has 0 bridgehead atoms. The molecule has 0 amide bonds. The van der Waals surface area contributed by atoms with Gasteiger partial charge in [0.05, 0.1) is 17.2 Å². The van der Waals surface area contributed by atoms with E-state index in [1.165, 1.54) is 43.4 Å². The zero-order valence-corrected chi connectivity index (χ0v) is 59.4. The van der Waals surface area contributed by atoms with Crippen LogP contribution in [0.1, 0.15) is 139 Å². The Morgan fingerprint density at radius 1 is 0.280 bits per heavy atom. The Hall–Kier alpha value is -7.88. The van der Waals surface area contributed by atoms with Crippen molar-refractivity contribution in [2.75, 3.05) is 7.11 Å². The molecule has 0 atom stereocenters. The van der Waals surface area contributed by atoms with E-state index >= 15 is 0 Å². The van der Waals surface area contributed by atoms with Gasteiger partial charge < -0.3 is 50.0 Å². The van der Waals surface area contributed by atoms with Crippen molar-refractivity contribution < 1.29 is 76.3 Å². The first kappa shape index (κ1) is 151. The molecule has 118 heavy (non-hydrogen) atoms. The highest BCUT2D eigenvalue weighted by Crippen LogP contribution is 2.26. The van der Waals surface area contributed by atoms with Gasteiger partial charge in [0.25, 0.3) is 0 Å². The third kappa shape index (κ3) is 59.7. The van der Waals surface area contributed by atoms with Crippen LogP contribution in [0.25, 0.3) is 22.3 Å². The van der Waals surface area contributed by atoms with Gasteiger partial charge in [-0.2, -0.15) is 0 Å². The third-order valence-corrected chi connectivity index (χ3v) is 14.9. The molecule has 0 aliphatic rings. The summed E-state index contributed by atoms with van der Waals surface area (Å²) in [6, 6.07) is 67.5. The number of methoxy groups -OCH3 is 1. The molecule has 0 radical (unpaired) electrons. The van der Waals surface area contributed by atoms with E-state index in [0.717, 1.165) is 85.0 Å². The second-order valence-electron chi connectivity index (χ2n) is 22.8. The largest absolute Gasteiger partial charge is 0.497 e. The van der Waals surface area contributed by atoms with Crippen LogP contribution in [-0.2, 0) is 0 Å². The molecule has 27 heteroatoms. The zero-order valence-electron chi connectivity index (χ0n) is 57.9. The maximum Gasteiger partial charge on any atom is 0.320 e. The van der Waals surface area contributed by atoms with Crippen LogP contribution in [0.2, 0.25) is 71.5 Å². The van der Waals surface area contributed by atoms with Crippen molar-refractivity contribution in [1.82, 2.24) is 0 Å². The van der Waals surface area contributed by atoms with Crippen LogP contribution in [-0.4, -0.2) is 115 Å². The average molecular weight is 1690 g/mol. The number of rotatable bonds is 12. The minimum absolute atomic E-state index is 0. The van der Waals surface area contributed by atoms with Gasteiger partial charge in [0.1, 0.15) is 11.6 Å². The first-order chi connectivity index (χ1) is 47.2. The molecule has 0 fully saturated rings. The van der Waals surface area contributed by atoms with Crippen LogP contribution in [0.15, 0.2) is 243 Å². The van der Waals surface area contributed by atoms with Crippen molar-refractivity contribution in [3.63, 3.8) is 0 Å². The molecule has 0 saturated carbocycles. The molecule has 0 aromatic heterocycles. The smallest absolute Gasteiger partial charge is 0.320 e. The fourth-order valence-corrected chi connectivity index (χ4v) is 8.35. The van der Waals surface area contributed by atoms with Crippen LogP contribution >= 0.6 is 23.2 Å². The van der Waals surface area contributed by atoms with Crippen LogP contribution in [0, 0.1) is 41.8 Å². The Labute approximate surface area is 731 Å². The molecule has 0 heterocycles. The van der Waals surface area contributed by atoms with Gasteiger partial charge in [0, 0.05) is 0 Å². The molecule has 662 valence electrons. The van der Waals surface area contributed by atoms with Crippen molar-refractivity contribution in [3.8, 4) is 28.0 Å². The van der Waals surface area contributed by atoms with E-state index in [1.54, 1.807) is 85.2 Å². The summed E-state index contributed by atoms with van der Waals surface area (Å²) < 4.78 is 79.3. The SMILES string of the molecule is C.C.C.C.C.C.C.C.C.C.C.C.C.C.C.C.C.C.C=CB(C)O.CB(O)c1cc(-c2ccccc2)cc(-c2ccccc2)c1.CB(O)c1cc(F)c(F)c(F)c1.CB(O)c1ccc(C)cc1.CB(O)c1ccc(Cl)c(Cl)c1.CB(O)c1ccc(F)c(F)c1.CB(O)c1ccc(F)cc1.CB(O)c1ccccc1.COc1ccc(B(C)O)cc1. The first-order valence-corrected chi connectivity index (χ1v) is 32.5. The Bertz CT molecular complexity index is 3740. The normalized spacial score (nSPS) is 8.17. The molecule has 0 spiro atoms. The highest BCUT2D eigenvalue weighted by Gasteiger charge is 2.16. The Balaban J connectivity index is -0.0000000648. The van der Waals surface area contributed by atoms with Gasteiger partial charge in [0.2, 0.25) is 0 Å². The summed E-state index contributed by atoms with van der Waals surface area (Å²) in [5, 5.41) is 82.5. The predicted octanol–water partition coefficient (Wildman–Crippen LogP) is 21.6. The van der Waals surface area contributed by atoms with Crippen LogP contribution in [0.5, 0.6) is 5.75 Å². The molecule has 10 aromatic carbocycles. The highest BCUT2D eigenvalue weighted by molar-refractivity contribution is 6.67. The minimum atomic E-state index is -1.51. The fraction of sp³-hybridized carbons (Fsp3) is 0.319. The highest BCUT2D eigenvalue weighted by atomic mass is 35.5. The molecule has 9 N–H and O–H groups in total. The second-order valence-corrected chi connectivity index (χ2v) is 23.6. The molecule has 0 aliphatic heterocycles. The maximum atomic E-state index is 12.5. The van der Waals surface area contributed by atoms with E-state index in [2.05, 4.69) is 49.0 Å². The van der Waals surface area contributed by atoms with E-state index in [4.69, 9.17) is 68.1 Å². The predicted molar refractivity (Wildman–Crippen MR) is 536 cm³/mol. The van der Waals surface area contributed by atoms with Crippen molar-refractivity contribution in [3.05, 3.63) is 294 Å². The number of hydrogen-bond acceptors (Lipinski definition) is 10. The van der Waals surface area contributed by atoms with E-state index in [9.17, 15) is 31.4 Å². The van der Waals surface area contributed by atoms with E-state index in [0.29, 0.717) is 15.5 Å². The molecule has 0 saturated heterocycles. The quantitative estimate of drug-likeness (QED) is 0.0323. The summed E-state index contributed by atoms with van der Waals surface area (Å²) in [7, 11) is 1.62. The Morgan fingerprint density at radius 2 is 0.542 bits per heavy atom.